The molecule has 124 valence electrons. The van der Waals surface area contributed by atoms with E-state index in [4.69, 9.17) is 0 Å². The predicted octanol–water partition coefficient (Wildman–Crippen LogP) is 0.752. The van der Waals surface area contributed by atoms with Crippen molar-refractivity contribution in [3.8, 4) is 0 Å². The van der Waals surface area contributed by atoms with E-state index in [2.05, 4.69) is 10.4 Å². The summed E-state index contributed by atoms with van der Waals surface area (Å²) in [4.78, 5) is 12.3. The Labute approximate surface area is 131 Å². The molecule has 0 spiro atoms. The average Bonchev–Trinajstić information content (AvgIpc) is 2.95. The fourth-order valence-electron chi connectivity index (χ4n) is 2.64. The quantitative estimate of drug-likeness (QED) is 0.864. The molecule has 2 rings (SSSR count). The Kier molecular flexibility index (Phi) is 5.23. The van der Waals surface area contributed by atoms with Crippen LogP contribution in [-0.2, 0) is 21.4 Å². The number of hydrogen-bond donors (Lipinski definition) is 1. The first-order valence-electron chi connectivity index (χ1n) is 7.60. The van der Waals surface area contributed by atoms with Crippen LogP contribution in [0.1, 0.15) is 38.4 Å². The third kappa shape index (κ3) is 4.07. The minimum Gasteiger partial charge on any atom is -0.348 e. The molecule has 1 aromatic heterocycles. The molecule has 0 aromatic carbocycles. The summed E-state index contributed by atoms with van der Waals surface area (Å²) >= 11 is 0. The summed E-state index contributed by atoms with van der Waals surface area (Å²) in [6.45, 7) is 5.54. The Morgan fingerprint density at radius 3 is 2.59 bits per heavy atom. The third-order valence-electron chi connectivity index (χ3n) is 4.08. The highest BCUT2D eigenvalue weighted by molar-refractivity contribution is 7.88. The maximum atomic E-state index is 12.3. The van der Waals surface area contributed by atoms with Crippen molar-refractivity contribution in [3.05, 3.63) is 18.0 Å². The van der Waals surface area contributed by atoms with Crippen molar-refractivity contribution in [2.24, 2.45) is 5.92 Å². The predicted molar refractivity (Wildman–Crippen MR) is 83.6 cm³/mol. The van der Waals surface area contributed by atoms with E-state index in [0.29, 0.717) is 25.9 Å². The lowest BCUT2D eigenvalue weighted by Gasteiger charge is -2.30. The summed E-state index contributed by atoms with van der Waals surface area (Å²) in [6, 6.07) is 1.76. The highest BCUT2D eigenvalue weighted by Crippen LogP contribution is 2.20. The lowest BCUT2D eigenvalue weighted by molar-refractivity contribution is -0.126. The van der Waals surface area contributed by atoms with Gasteiger partial charge in [0.15, 0.2) is 0 Å². The maximum absolute atomic E-state index is 12.3. The van der Waals surface area contributed by atoms with Gasteiger partial charge in [0.05, 0.1) is 18.0 Å². The van der Waals surface area contributed by atoms with Gasteiger partial charge in [-0.15, -0.1) is 0 Å². The second-order valence-corrected chi connectivity index (χ2v) is 7.75. The minimum atomic E-state index is -3.15. The molecule has 8 heteroatoms. The highest BCUT2D eigenvalue weighted by Gasteiger charge is 2.29. The zero-order valence-corrected chi connectivity index (χ0v) is 14.1. The molecule has 1 amide bonds. The second kappa shape index (κ2) is 6.78. The molecule has 22 heavy (non-hydrogen) atoms. The summed E-state index contributed by atoms with van der Waals surface area (Å²) in [5.41, 5.74) is 0.837. The second-order valence-electron chi connectivity index (χ2n) is 5.76. The van der Waals surface area contributed by atoms with Crippen LogP contribution in [0.15, 0.2) is 12.3 Å². The van der Waals surface area contributed by atoms with Gasteiger partial charge in [-0.1, -0.05) is 0 Å². The molecule has 0 bridgehead atoms. The molecule has 1 atom stereocenters. The number of aryl methyl sites for hydroxylation is 1. The first-order valence-corrected chi connectivity index (χ1v) is 9.45. The monoisotopic (exact) mass is 328 g/mol. The van der Waals surface area contributed by atoms with E-state index in [9.17, 15) is 13.2 Å². The molecule has 0 aliphatic carbocycles. The van der Waals surface area contributed by atoms with E-state index in [1.165, 1.54) is 10.6 Å². The topological polar surface area (TPSA) is 84.3 Å². The average molecular weight is 328 g/mol. The molecular formula is C14H24N4O3S. The summed E-state index contributed by atoms with van der Waals surface area (Å²) < 4.78 is 26.2. The van der Waals surface area contributed by atoms with Crippen LogP contribution in [0.25, 0.3) is 0 Å². The van der Waals surface area contributed by atoms with Crippen LogP contribution < -0.4 is 5.32 Å². The number of rotatable bonds is 5. The number of amides is 1. The van der Waals surface area contributed by atoms with Gasteiger partial charge >= 0.3 is 0 Å². The van der Waals surface area contributed by atoms with Gasteiger partial charge in [0.1, 0.15) is 0 Å². The number of nitrogens with zero attached hydrogens (tertiary/aromatic N) is 3. The van der Waals surface area contributed by atoms with Crippen molar-refractivity contribution in [1.82, 2.24) is 19.4 Å². The summed E-state index contributed by atoms with van der Waals surface area (Å²) in [5.74, 6) is -0.152. The number of carbonyl (C=O) groups is 1. The normalized spacial score (nSPS) is 19.0. The van der Waals surface area contributed by atoms with Gasteiger partial charge in [0, 0.05) is 31.7 Å². The van der Waals surface area contributed by atoms with Crippen LogP contribution in [-0.4, -0.2) is 47.8 Å². The van der Waals surface area contributed by atoms with Gasteiger partial charge in [-0.3, -0.25) is 9.48 Å². The number of sulfonamides is 1. The SMILES string of the molecule is CCn1ccc([C@@H](C)NC(=O)C2CCN(S(C)(=O)=O)CC2)n1. The maximum Gasteiger partial charge on any atom is 0.223 e. The van der Waals surface area contributed by atoms with Crippen molar-refractivity contribution in [3.63, 3.8) is 0 Å². The molecule has 7 nitrogen and oxygen atoms in total. The smallest absolute Gasteiger partial charge is 0.223 e. The van der Waals surface area contributed by atoms with Crippen molar-refractivity contribution in [1.29, 1.82) is 0 Å². The highest BCUT2D eigenvalue weighted by atomic mass is 32.2. The largest absolute Gasteiger partial charge is 0.348 e. The molecular weight excluding hydrogens is 304 g/mol. The number of nitrogens with one attached hydrogen (secondary N) is 1. The molecule has 1 aromatic rings. The van der Waals surface area contributed by atoms with Crippen molar-refractivity contribution >= 4 is 15.9 Å². The van der Waals surface area contributed by atoms with Crippen molar-refractivity contribution < 1.29 is 13.2 Å². The fraction of sp³-hybridized carbons (Fsp3) is 0.714. The Bertz CT molecular complexity index is 618. The molecule has 1 saturated heterocycles. The Morgan fingerprint density at radius 1 is 1.45 bits per heavy atom. The van der Waals surface area contributed by atoms with Crippen molar-refractivity contribution in [2.45, 2.75) is 39.3 Å². The summed E-state index contributed by atoms with van der Waals surface area (Å²) in [7, 11) is -3.15. The molecule has 0 radical (unpaired) electrons. The zero-order chi connectivity index (χ0) is 16.3. The first-order chi connectivity index (χ1) is 10.3. The molecule has 1 aliphatic rings. The van der Waals surface area contributed by atoms with Gasteiger partial charge < -0.3 is 5.32 Å². The zero-order valence-electron chi connectivity index (χ0n) is 13.3. The number of hydrogen-bond acceptors (Lipinski definition) is 4. The van der Waals surface area contributed by atoms with E-state index >= 15 is 0 Å². The lowest BCUT2D eigenvalue weighted by Crippen LogP contribution is -2.43. The lowest BCUT2D eigenvalue weighted by atomic mass is 9.97. The minimum absolute atomic E-state index is 0.0216. The molecule has 0 unspecified atom stereocenters. The molecule has 1 aliphatic heterocycles. The standard InChI is InChI=1S/C14H24N4O3S/c1-4-17-8-7-13(16-17)11(2)15-14(19)12-5-9-18(10-6-12)22(3,20)21/h7-8,11-12H,4-6,9-10H2,1-3H3,(H,15,19)/t11-/m1/s1. The van der Waals surface area contributed by atoms with E-state index in [1.54, 1.807) is 0 Å². The number of aromatic nitrogens is 2. The van der Waals surface area contributed by atoms with Gasteiger partial charge in [-0.25, -0.2) is 12.7 Å². The van der Waals surface area contributed by atoms with Gasteiger partial charge in [-0.05, 0) is 32.8 Å². The van der Waals surface area contributed by atoms with Crippen LogP contribution in [0.5, 0.6) is 0 Å². The Balaban J connectivity index is 1.88. The Morgan fingerprint density at radius 2 is 2.09 bits per heavy atom. The van der Waals surface area contributed by atoms with Crippen LogP contribution in [0.4, 0.5) is 0 Å². The number of carbonyl (C=O) groups excluding carboxylic acids is 1. The summed E-state index contributed by atoms with van der Waals surface area (Å²) in [5, 5.41) is 7.36. The third-order valence-corrected chi connectivity index (χ3v) is 5.38. The van der Waals surface area contributed by atoms with Crippen LogP contribution >= 0.6 is 0 Å². The first kappa shape index (κ1) is 17.0. The fourth-order valence-corrected chi connectivity index (χ4v) is 3.51. The van der Waals surface area contributed by atoms with Gasteiger partial charge in [0.25, 0.3) is 0 Å². The summed E-state index contributed by atoms with van der Waals surface area (Å²) in [6.07, 6.45) is 4.23. The molecule has 2 heterocycles. The number of piperidine rings is 1. The molecule has 1 fully saturated rings. The molecule has 0 saturated carbocycles. The van der Waals surface area contributed by atoms with Gasteiger partial charge in [0.2, 0.25) is 15.9 Å². The van der Waals surface area contributed by atoms with Crippen LogP contribution in [0, 0.1) is 5.92 Å². The van der Waals surface area contributed by atoms with Gasteiger partial charge in [-0.2, -0.15) is 5.10 Å². The Hall–Kier alpha value is -1.41. The van der Waals surface area contributed by atoms with Crippen LogP contribution in [0.3, 0.4) is 0 Å². The van der Waals surface area contributed by atoms with E-state index in [-0.39, 0.29) is 17.9 Å². The van der Waals surface area contributed by atoms with E-state index in [1.807, 2.05) is 30.8 Å². The van der Waals surface area contributed by atoms with Crippen LogP contribution in [0.2, 0.25) is 0 Å². The van der Waals surface area contributed by atoms with E-state index < -0.39 is 10.0 Å². The van der Waals surface area contributed by atoms with Crippen molar-refractivity contribution in [2.75, 3.05) is 19.3 Å². The molecule has 1 N–H and O–H groups in total. The van der Waals surface area contributed by atoms with E-state index in [0.717, 1.165) is 12.2 Å².